The Morgan fingerprint density at radius 2 is 1.86 bits per heavy atom. The third-order valence-corrected chi connectivity index (χ3v) is 7.09. The molecule has 182 valence electrons. The van der Waals surface area contributed by atoms with Crippen molar-refractivity contribution in [1.82, 2.24) is 24.8 Å². The van der Waals surface area contributed by atoms with Gasteiger partial charge in [-0.25, -0.2) is 4.68 Å². The lowest BCUT2D eigenvalue weighted by Gasteiger charge is -2.20. The van der Waals surface area contributed by atoms with E-state index in [0.717, 1.165) is 43.8 Å². The number of nitrogens with zero attached hydrogens (tertiary/aromatic N) is 5. The molecule has 2 aliphatic heterocycles. The van der Waals surface area contributed by atoms with Gasteiger partial charge in [0.2, 0.25) is 0 Å². The van der Waals surface area contributed by atoms with E-state index in [1.165, 1.54) is 21.7 Å². The second kappa shape index (κ2) is 9.29. The molecule has 0 radical (unpaired) electrons. The van der Waals surface area contributed by atoms with E-state index in [9.17, 15) is 22.8 Å². The predicted octanol–water partition coefficient (Wildman–Crippen LogP) is 5.24. The highest BCUT2D eigenvalue weighted by Gasteiger charge is 2.36. The summed E-state index contributed by atoms with van der Waals surface area (Å²) >= 11 is 6.66. The van der Waals surface area contributed by atoms with E-state index >= 15 is 0 Å². The average Bonchev–Trinajstić information content (AvgIpc) is 3.52. The Morgan fingerprint density at radius 3 is 2.60 bits per heavy atom. The molecule has 35 heavy (non-hydrogen) atoms. The zero-order valence-electron chi connectivity index (χ0n) is 18.3. The van der Waals surface area contributed by atoms with E-state index in [1.807, 2.05) is 0 Å². The first-order chi connectivity index (χ1) is 16.7. The highest BCUT2D eigenvalue weighted by atomic mass is 35.5. The van der Waals surface area contributed by atoms with Crippen LogP contribution >= 0.6 is 23.4 Å². The zero-order valence-corrected chi connectivity index (χ0v) is 19.8. The monoisotopic (exact) mass is 521 g/mol. The van der Waals surface area contributed by atoms with Gasteiger partial charge in [0.25, 0.3) is 11.1 Å². The number of amides is 2. The van der Waals surface area contributed by atoms with Crippen molar-refractivity contribution < 1.29 is 22.8 Å². The number of thioether (sulfide) groups is 1. The number of halogens is 4. The van der Waals surface area contributed by atoms with Crippen LogP contribution in [0.3, 0.4) is 0 Å². The summed E-state index contributed by atoms with van der Waals surface area (Å²) in [6.45, 7) is 1.89. The molecule has 2 fully saturated rings. The SMILES string of the molecule is O=C1S/C(=C\c2ccc3c(c2)nnn3Cc2ccc(Cl)cc2C(F)(F)F)C(=O)N1CN1CCCC1. The van der Waals surface area contributed by atoms with Crippen molar-refractivity contribution in [2.24, 2.45) is 0 Å². The number of carbonyl (C=O) groups excluding carboxylic acids is 2. The first-order valence-corrected chi connectivity index (χ1v) is 12.0. The van der Waals surface area contributed by atoms with Gasteiger partial charge < -0.3 is 0 Å². The van der Waals surface area contributed by atoms with Gasteiger partial charge in [0.1, 0.15) is 5.52 Å². The fraction of sp³-hybridized carbons (Fsp3) is 0.304. The maximum absolute atomic E-state index is 13.4. The standard InChI is InChI=1S/C23H19ClF3N5O2S/c24-16-5-4-15(17(11-16)23(25,26)27)12-32-19-6-3-14(9-18(19)28-29-32)10-20-21(33)31(22(34)35-20)13-30-7-1-2-8-30/h3-6,9-11H,1-2,7-8,12-13H2/b20-10-. The van der Waals surface area contributed by atoms with Crippen LogP contribution in [0.1, 0.15) is 29.5 Å². The third-order valence-electron chi connectivity index (χ3n) is 5.95. The molecule has 12 heteroatoms. The first kappa shape index (κ1) is 23.8. The molecule has 3 heterocycles. The van der Waals surface area contributed by atoms with Crippen molar-refractivity contribution in [3.05, 3.63) is 63.0 Å². The molecule has 2 amide bonds. The second-order valence-electron chi connectivity index (χ2n) is 8.37. The van der Waals surface area contributed by atoms with Crippen molar-refractivity contribution in [1.29, 1.82) is 0 Å². The summed E-state index contributed by atoms with van der Waals surface area (Å²) < 4.78 is 41.7. The van der Waals surface area contributed by atoms with E-state index in [4.69, 9.17) is 11.6 Å². The van der Waals surface area contributed by atoms with Gasteiger partial charge in [-0.3, -0.25) is 19.4 Å². The van der Waals surface area contributed by atoms with Gasteiger partial charge in [-0.2, -0.15) is 13.2 Å². The van der Waals surface area contributed by atoms with Gasteiger partial charge >= 0.3 is 6.18 Å². The molecule has 0 N–H and O–H groups in total. The number of benzene rings is 2. The van der Waals surface area contributed by atoms with Crippen LogP contribution in [-0.4, -0.2) is 55.7 Å². The molecule has 0 aliphatic carbocycles. The van der Waals surface area contributed by atoms with Crippen molar-refractivity contribution in [3.63, 3.8) is 0 Å². The van der Waals surface area contributed by atoms with Crippen LogP contribution in [0.2, 0.25) is 5.02 Å². The number of likely N-dealkylation sites (tertiary alicyclic amines) is 1. The minimum atomic E-state index is -4.55. The van der Waals surface area contributed by atoms with E-state index in [-0.39, 0.29) is 28.3 Å². The average molecular weight is 522 g/mol. The summed E-state index contributed by atoms with van der Waals surface area (Å²) in [5.41, 5.74) is 0.822. The van der Waals surface area contributed by atoms with Crippen molar-refractivity contribution >= 4 is 51.6 Å². The van der Waals surface area contributed by atoms with Crippen LogP contribution in [0.15, 0.2) is 41.3 Å². The highest BCUT2D eigenvalue weighted by Crippen LogP contribution is 2.35. The van der Waals surface area contributed by atoms with E-state index in [2.05, 4.69) is 15.2 Å². The summed E-state index contributed by atoms with van der Waals surface area (Å²) in [7, 11) is 0. The molecule has 0 atom stereocenters. The molecule has 2 saturated heterocycles. The lowest BCUT2D eigenvalue weighted by atomic mass is 10.1. The van der Waals surface area contributed by atoms with Crippen LogP contribution in [-0.2, 0) is 17.5 Å². The number of fused-ring (bicyclic) bond motifs is 1. The van der Waals surface area contributed by atoms with Gasteiger partial charge in [0, 0.05) is 5.02 Å². The highest BCUT2D eigenvalue weighted by molar-refractivity contribution is 8.18. The Labute approximate surface area is 207 Å². The second-order valence-corrected chi connectivity index (χ2v) is 9.80. The Morgan fingerprint density at radius 1 is 1.09 bits per heavy atom. The Balaban J connectivity index is 1.37. The fourth-order valence-corrected chi connectivity index (χ4v) is 5.21. The van der Waals surface area contributed by atoms with E-state index in [1.54, 1.807) is 24.3 Å². The van der Waals surface area contributed by atoms with Gasteiger partial charge in [-0.1, -0.05) is 28.9 Å². The number of carbonyl (C=O) groups is 2. The van der Waals surface area contributed by atoms with Gasteiger partial charge in [-0.15, -0.1) is 5.10 Å². The molecule has 2 aromatic carbocycles. The maximum Gasteiger partial charge on any atom is 0.416 e. The molecule has 7 nitrogen and oxygen atoms in total. The molecule has 1 aromatic heterocycles. The van der Waals surface area contributed by atoms with Crippen molar-refractivity contribution in [2.45, 2.75) is 25.6 Å². The van der Waals surface area contributed by atoms with Crippen LogP contribution in [0.25, 0.3) is 17.1 Å². The summed E-state index contributed by atoms with van der Waals surface area (Å²) in [6, 6.07) is 8.69. The lowest BCUT2D eigenvalue weighted by Crippen LogP contribution is -2.38. The minimum Gasteiger partial charge on any atom is -0.286 e. The third kappa shape index (κ3) is 4.93. The number of hydrogen-bond donors (Lipinski definition) is 0. The predicted molar refractivity (Wildman–Crippen MR) is 127 cm³/mol. The first-order valence-electron chi connectivity index (χ1n) is 10.9. The van der Waals surface area contributed by atoms with Crippen LogP contribution in [0.4, 0.5) is 18.0 Å². The molecular weight excluding hydrogens is 503 g/mol. The fourth-order valence-electron chi connectivity index (χ4n) is 4.20. The molecule has 2 aliphatic rings. The molecule has 0 unspecified atom stereocenters. The van der Waals surface area contributed by atoms with Gasteiger partial charge in [-0.05, 0) is 79.2 Å². The maximum atomic E-state index is 13.4. The molecule has 5 rings (SSSR count). The smallest absolute Gasteiger partial charge is 0.286 e. The Hall–Kier alpha value is -2.89. The number of alkyl halides is 3. The number of hydrogen-bond acceptors (Lipinski definition) is 6. The molecule has 0 bridgehead atoms. The quantitative estimate of drug-likeness (QED) is 0.428. The summed E-state index contributed by atoms with van der Waals surface area (Å²) in [5.74, 6) is -0.335. The number of imide groups is 1. The topological polar surface area (TPSA) is 71.3 Å². The van der Waals surface area contributed by atoms with E-state index < -0.39 is 11.7 Å². The zero-order chi connectivity index (χ0) is 24.7. The number of rotatable bonds is 5. The lowest BCUT2D eigenvalue weighted by molar-refractivity contribution is -0.138. The normalized spacial score (nSPS) is 18.5. The molecular formula is C23H19ClF3N5O2S. The Bertz CT molecular complexity index is 1350. The van der Waals surface area contributed by atoms with Crippen LogP contribution < -0.4 is 0 Å². The molecule has 3 aromatic rings. The minimum absolute atomic E-state index is 0.000917. The largest absolute Gasteiger partial charge is 0.416 e. The van der Waals surface area contributed by atoms with Gasteiger partial charge in [0.15, 0.2) is 0 Å². The summed E-state index contributed by atoms with van der Waals surface area (Å²) in [5, 5.41) is 7.79. The molecule has 0 spiro atoms. The van der Waals surface area contributed by atoms with Crippen molar-refractivity contribution in [3.8, 4) is 0 Å². The molecule has 0 saturated carbocycles. The van der Waals surface area contributed by atoms with Gasteiger partial charge in [0.05, 0.1) is 29.2 Å². The van der Waals surface area contributed by atoms with E-state index in [0.29, 0.717) is 28.2 Å². The van der Waals surface area contributed by atoms with Crippen LogP contribution in [0.5, 0.6) is 0 Å². The Kier molecular flexibility index (Phi) is 6.32. The van der Waals surface area contributed by atoms with Crippen LogP contribution in [0, 0.1) is 0 Å². The number of aromatic nitrogens is 3. The summed E-state index contributed by atoms with van der Waals surface area (Å²) in [4.78, 5) is 28.8. The van der Waals surface area contributed by atoms with Crippen molar-refractivity contribution in [2.75, 3.05) is 19.8 Å². The summed E-state index contributed by atoms with van der Waals surface area (Å²) in [6.07, 6.45) is -0.819.